The Kier molecular flexibility index (Phi) is 2.99. The molecule has 14 heavy (non-hydrogen) atoms. The van der Waals surface area contributed by atoms with E-state index in [0.29, 0.717) is 12.7 Å². The van der Waals surface area contributed by atoms with Crippen molar-refractivity contribution in [2.45, 2.75) is 32.0 Å². The third-order valence-corrected chi connectivity index (χ3v) is 2.62. The molecule has 0 unspecified atom stereocenters. The summed E-state index contributed by atoms with van der Waals surface area (Å²) in [4.78, 5) is 4.23. The summed E-state index contributed by atoms with van der Waals surface area (Å²) < 4.78 is 5.68. The maximum atomic E-state index is 5.68. The number of ether oxygens (including phenoxy) is 1. The van der Waals surface area contributed by atoms with Crippen LogP contribution in [0.3, 0.4) is 0 Å². The van der Waals surface area contributed by atoms with Crippen molar-refractivity contribution in [3.8, 4) is 0 Å². The third kappa shape index (κ3) is 2.23. The van der Waals surface area contributed by atoms with Crippen LogP contribution in [0.1, 0.15) is 24.8 Å². The summed E-state index contributed by atoms with van der Waals surface area (Å²) in [6.07, 6.45) is 6.13. The highest BCUT2D eigenvalue weighted by molar-refractivity contribution is 5.34. The number of pyridine rings is 1. The van der Waals surface area contributed by atoms with Gasteiger partial charge in [-0.3, -0.25) is 0 Å². The third-order valence-electron chi connectivity index (χ3n) is 2.62. The fourth-order valence-corrected chi connectivity index (χ4v) is 1.41. The molecular weight excluding hydrogens is 176 g/mol. The molecule has 76 valence electrons. The lowest BCUT2D eigenvalue weighted by molar-refractivity contribution is -0.00875. The lowest BCUT2D eigenvalue weighted by Crippen LogP contribution is -2.21. The molecule has 0 radical (unpaired) electrons. The van der Waals surface area contributed by atoms with Crippen LogP contribution in [-0.4, -0.2) is 18.1 Å². The normalized spacial score (nSPS) is 16.4. The molecule has 0 saturated heterocycles. The number of nitrogens with zero attached hydrogens (tertiary/aromatic N) is 1. The van der Waals surface area contributed by atoms with Gasteiger partial charge in [0.25, 0.3) is 0 Å². The molecule has 0 aromatic carbocycles. The van der Waals surface area contributed by atoms with Crippen molar-refractivity contribution in [3.05, 3.63) is 23.9 Å². The zero-order valence-electron chi connectivity index (χ0n) is 8.49. The summed E-state index contributed by atoms with van der Waals surface area (Å²) in [7, 11) is 1.87. The SMILES string of the molecule is CNc1ccc(COC2CCC2)cn1. The van der Waals surface area contributed by atoms with Crippen molar-refractivity contribution in [1.82, 2.24) is 4.98 Å². The Morgan fingerprint density at radius 1 is 1.50 bits per heavy atom. The molecule has 1 aliphatic carbocycles. The van der Waals surface area contributed by atoms with Gasteiger partial charge in [-0.2, -0.15) is 0 Å². The van der Waals surface area contributed by atoms with E-state index in [1.54, 1.807) is 0 Å². The van der Waals surface area contributed by atoms with E-state index in [2.05, 4.69) is 16.4 Å². The summed E-state index contributed by atoms with van der Waals surface area (Å²) in [6.45, 7) is 0.696. The van der Waals surface area contributed by atoms with Crippen molar-refractivity contribution in [3.63, 3.8) is 0 Å². The number of hydrogen-bond acceptors (Lipinski definition) is 3. The van der Waals surface area contributed by atoms with Gasteiger partial charge in [0.05, 0.1) is 12.7 Å². The van der Waals surface area contributed by atoms with Gasteiger partial charge in [-0.25, -0.2) is 4.98 Å². The van der Waals surface area contributed by atoms with E-state index in [9.17, 15) is 0 Å². The van der Waals surface area contributed by atoms with Crippen LogP contribution in [-0.2, 0) is 11.3 Å². The molecule has 0 amide bonds. The number of hydrogen-bond donors (Lipinski definition) is 1. The van der Waals surface area contributed by atoms with Gasteiger partial charge < -0.3 is 10.1 Å². The van der Waals surface area contributed by atoms with Crippen LogP contribution in [0.15, 0.2) is 18.3 Å². The van der Waals surface area contributed by atoms with Crippen LogP contribution >= 0.6 is 0 Å². The predicted octanol–water partition coefficient (Wildman–Crippen LogP) is 2.19. The zero-order valence-corrected chi connectivity index (χ0v) is 8.49. The van der Waals surface area contributed by atoms with E-state index < -0.39 is 0 Å². The van der Waals surface area contributed by atoms with Crippen molar-refractivity contribution < 1.29 is 4.74 Å². The first-order valence-electron chi connectivity index (χ1n) is 5.13. The average molecular weight is 192 g/mol. The van der Waals surface area contributed by atoms with E-state index in [1.165, 1.54) is 19.3 Å². The first kappa shape index (κ1) is 9.46. The highest BCUT2D eigenvalue weighted by Crippen LogP contribution is 2.22. The summed E-state index contributed by atoms with van der Waals surface area (Å²) in [5.41, 5.74) is 1.15. The molecule has 3 heteroatoms. The molecule has 1 N–H and O–H groups in total. The molecule has 0 atom stereocenters. The molecule has 1 heterocycles. The number of anilines is 1. The van der Waals surface area contributed by atoms with Crippen molar-refractivity contribution >= 4 is 5.82 Å². The minimum absolute atomic E-state index is 0.499. The van der Waals surface area contributed by atoms with E-state index in [-0.39, 0.29) is 0 Å². The molecule has 0 aliphatic heterocycles. The summed E-state index contributed by atoms with van der Waals surface area (Å²) in [5, 5.41) is 2.99. The topological polar surface area (TPSA) is 34.1 Å². The Bertz CT molecular complexity index is 280. The largest absolute Gasteiger partial charge is 0.373 e. The molecule has 1 aromatic heterocycles. The van der Waals surface area contributed by atoms with E-state index in [4.69, 9.17) is 4.74 Å². The molecular formula is C11H16N2O. The zero-order chi connectivity index (χ0) is 9.80. The van der Waals surface area contributed by atoms with Gasteiger partial charge >= 0.3 is 0 Å². The van der Waals surface area contributed by atoms with Crippen LogP contribution in [0.2, 0.25) is 0 Å². The first-order chi connectivity index (χ1) is 6.88. The maximum absolute atomic E-state index is 5.68. The summed E-state index contributed by atoms with van der Waals surface area (Å²) in [5.74, 6) is 0.900. The minimum Gasteiger partial charge on any atom is -0.373 e. The number of nitrogens with one attached hydrogen (secondary N) is 1. The highest BCUT2D eigenvalue weighted by atomic mass is 16.5. The van der Waals surface area contributed by atoms with Crippen LogP contribution in [0.25, 0.3) is 0 Å². The summed E-state index contributed by atoms with van der Waals surface area (Å²) >= 11 is 0. The monoisotopic (exact) mass is 192 g/mol. The maximum Gasteiger partial charge on any atom is 0.125 e. The van der Waals surface area contributed by atoms with Gasteiger partial charge in [-0.1, -0.05) is 6.07 Å². The molecule has 1 aliphatic rings. The average Bonchev–Trinajstić information content (AvgIpc) is 2.16. The smallest absolute Gasteiger partial charge is 0.125 e. The fourth-order valence-electron chi connectivity index (χ4n) is 1.41. The van der Waals surface area contributed by atoms with Crippen molar-refractivity contribution in [2.24, 2.45) is 0 Å². The number of aromatic nitrogens is 1. The van der Waals surface area contributed by atoms with Crippen molar-refractivity contribution in [2.75, 3.05) is 12.4 Å². The first-order valence-corrected chi connectivity index (χ1v) is 5.13. The second-order valence-corrected chi connectivity index (χ2v) is 3.67. The van der Waals surface area contributed by atoms with Gasteiger partial charge in [0.15, 0.2) is 0 Å². The second kappa shape index (κ2) is 4.42. The Labute approximate surface area is 84.5 Å². The van der Waals surface area contributed by atoms with Crippen molar-refractivity contribution in [1.29, 1.82) is 0 Å². The van der Waals surface area contributed by atoms with Crippen LogP contribution in [0, 0.1) is 0 Å². The summed E-state index contributed by atoms with van der Waals surface area (Å²) in [6, 6.07) is 4.02. The molecule has 0 spiro atoms. The van der Waals surface area contributed by atoms with Crippen LogP contribution in [0.5, 0.6) is 0 Å². The predicted molar refractivity (Wildman–Crippen MR) is 56.2 cm³/mol. The van der Waals surface area contributed by atoms with E-state index in [1.807, 2.05) is 19.3 Å². The van der Waals surface area contributed by atoms with E-state index >= 15 is 0 Å². The Morgan fingerprint density at radius 3 is 2.86 bits per heavy atom. The minimum atomic E-state index is 0.499. The molecule has 1 aromatic rings. The standard InChI is InChI=1S/C11H16N2O/c1-12-11-6-5-9(7-13-11)8-14-10-3-2-4-10/h5-7,10H,2-4,8H2,1H3,(H,12,13). The quantitative estimate of drug-likeness (QED) is 0.794. The van der Waals surface area contributed by atoms with Gasteiger partial charge in [-0.05, 0) is 30.9 Å². The van der Waals surface area contributed by atoms with Gasteiger partial charge in [0.2, 0.25) is 0 Å². The highest BCUT2D eigenvalue weighted by Gasteiger charge is 2.17. The van der Waals surface area contributed by atoms with E-state index in [0.717, 1.165) is 11.4 Å². The lowest BCUT2D eigenvalue weighted by atomic mass is 9.96. The number of rotatable bonds is 4. The van der Waals surface area contributed by atoms with Gasteiger partial charge in [0, 0.05) is 13.2 Å². The Morgan fingerprint density at radius 2 is 2.36 bits per heavy atom. The van der Waals surface area contributed by atoms with Gasteiger partial charge in [0.1, 0.15) is 5.82 Å². The molecule has 0 bridgehead atoms. The lowest BCUT2D eigenvalue weighted by Gasteiger charge is -2.25. The second-order valence-electron chi connectivity index (χ2n) is 3.67. The molecule has 1 saturated carbocycles. The van der Waals surface area contributed by atoms with Crippen LogP contribution < -0.4 is 5.32 Å². The van der Waals surface area contributed by atoms with Gasteiger partial charge in [-0.15, -0.1) is 0 Å². The fraction of sp³-hybridized carbons (Fsp3) is 0.545. The Balaban J connectivity index is 1.83. The molecule has 1 fully saturated rings. The van der Waals surface area contributed by atoms with Crippen LogP contribution in [0.4, 0.5) is 5.82 Å². The molecule has 2 rings (SSSR count). The Hall–Kier alpha value is -1.09. The molecule has 3 nitrogen and oxygen atoms in total.